The lowest BCUT2D eigenvalue weighted by atomic mass is 9.77. The normalized spacial score (nSPS) is 28.5. The molecule has 2 aromatic heterocycles. The van der Waals surface area contributed by atoms with E-state index < -0.39 is 0 Å². The van der Waals surface area contributed by atoms with Crippen molar-refractivity contribution in [1.29, 1.82) is 0 Å². The standard InChI is InChI=1S/C22H29N5O3/c1-29-14-22(28)26-10-17-7-20(21(8-18(17)11-26)30-13-15-4-5-15)27-12-19(24-25-27)16-3-2-6-23-9-16/h2-3,6,9,12,15,17-18,20-21H,4-5,7-8,10-11,13-14H2,1H3/t17-,18+,20-,21-/m1/s1. The molecule has 0 spiro atoms. The van der Waals surface area contributed by atoms with Crippen molar-refractivity contribution in [1.82, 2.24) is 24.9 Å². The number of rotatable bonds is 7. The zero-order valence-electron chi connectivity index (χ0n) is 17.4. The fraction of sp³-hybridized carbons (Fsp3) is 0.636. The lowest BCUT2D eigenvalue weighted by molar-refractivity contribution is -0.134. The van der Waals surface area contributed by atoms with E-state index in [2.05, 4.69) is 15.3 Å². The van der Waals surface area contributed by atoms with Crippen LogP contribution in [0.25, 0.3) is 11.3 Å². The lowest BCUT2D eigenvalue weighted by Gasteiger charge is -2.37. The third-order valence-corrected chi connectivity index (χ3v) is 6.76. The van der Waals surface area contributed by atoms with Gasteiger partial charge in [0.2, 0.25) is 5.91 Å². The van der Waals surface area contributed by atoms with Crippen LogP contribution in [0.5, 0.6) is 0 Å². The molecule has 0 bridgehead atoms. The summed E-state index contributed by atoms with van der Waals surface area (Å²) in [6, 6.07) is 4.04. The Morgan fingerprint density at radius 1 is 1.23 bits per heavy atom. The fourth-order valence-corrected chi connectivity index (χ4v) is 4.90. The van der Waals surface area contributed by atoms with Gasteiger partial charge in [-0.3, -0.25) is 9.78 Å². The summed E-state index contributed by atoms with van der Waals surface area (Å²) in [5.74, 6) is 1.74. The van der Waals surface area contributed by atoms with Crippen molar-refractivity contribution < 1.29 is 14.3 Å². The Bertz CT molecular complexity index is 869. The average molecular weight is 412 g/mol. The Morgan fingerprint density at radius 3 is 2.80 bits per heavy atom. The van der Waals surface area contributed by atoms with Crippen LogP contribution in [0.2, 0.25) is 0 Å². The van der Waals surface area contributed by atoms with Crippen molar-refractivity contribution >= 4 is 5.91 Å². The van der Waals surface area contributed by atoms with E-state index in [1.165, 1.54) is 12.8 Å². The average Bonchev–Trinajstić information content (AvgIpc) is 3.30. The molecule has 3 heterocycles. The van der Waals surface area contributed by atoms with E-state index in [4.69, 9.17) is 9.47 Å². The van der Waals surface area contributed by atoms with Crippen LogP contribution in [0.1, 0.15) is 31.7 Å². The molecule has 2 saturated carbocycles. The molecule has 0 unspecified atom stereocenters. The molecule has 0 N–H and O–H groups in total. The largest absolute Gasteiger partial charge is 0.376 e. The maximum Gasteiger partial charge on any atom is 0.248 e. The molecule has 1 saturated heterocycles. The summed E-state index contributed by atoms with van der Waals surface area (Å²) in [7, 11) is 1.57. The third-order valence-electron chi connectivity index (χ3n) is 6.76. The van der Waals surface area contributed by atoms with Crippen LogP contribution < -0.4 is 0 Å². The van der Waals surface area contributed by atoms with Crippen molar-refractivity contribution in [3.05, 3.63) is 30.7 Å². The zero-order chi connectivity index (χ0) is 20.5. The summed E-state index contributed by atoms with van der Waals surface area (Å²) in [6.07, 6.45) is 10.1. The molecule has 3 fully saturated rings. The second-order valence-electron chi connectivity index (χ2n) is 8.93. The van der Waals surface area contributed by atoms with Gasteiger partial charge in [0, 0.05) is 44.8 Å². The summed E-state index contributed by atoms with van der Waals surface area (Å²) in [5, 5.41) is 8.86. The number of likely N-dealkylation sites (tertiary alicyclic amines) is 1. The first-order valence-corrected chi connectivity index (χ1v) is 10.9. The summed E-state index contributed by atoms with van der Waals surface area (Å²) in [6.45, 7) is 2.58. The van der Waals surface area contributed by atoms with Crippen LogP contribution in [-0.2, 0) is 14.3 Å². The number of nitrogens with zero attached hydrogens (tertiary/aromatic N) is 5. The second kappa shape index (κ2) is 8.43. The van der Waals surface area contributed by atoms with Crippen molar-refractivity contribution in [2.24, 2.45) is 17.8 Å². The number of amides is 1. The van der Waals surface area contributed by atoms with Crippen molar-refractivity contribution in [2.45, 2.75) is 37.8 Å². The minimum Gasteiger partial charge on any atom is -0.376 e. The topological polar surface area (TPSA) is 82.4 Å². The molecule has 1 aliphatic heterocycles. The van der Waals surface area contributed by atoms with Gasteiger partial charge < -0.3 is 14.4 Å². The van der Waals surface area contributed by atoms with Gasteiger partial charge in [-0.15, -0.1) is 5.10 Å². The Labute approximate surface area is 176 Å². The number of pyridine rings is 1. The van der Waals surface area contributed by atoms with Crippen LogP contribution in [0.3, 0.4) is 0 Å². The predicted octanol–water partition coefficient (Wildman–Crippen LogP) is 2.19. The minimum absolute atomic E-state index is 0.0820. The van der Waals surface area contributed by atoms with Gasteiger partial charge in [0.1, 0.15) is 12.3 Å². The van der Waals surface area contributed by atoms with E-state index in [9.17, 15) is 4.79 Å². The molecule has 2 aliphatic carbocycles. The Hall–Kier alpha value is -2.32. The van der Waals surface area contributed by atoms with Gasteiger partial charge in [0.05, 0.1) is 18.3 Å². The zero-order valence-corrected chi connectivity index (χ0v) is 17.4. The highest BCUT2D eigenvalue weighted by Crippen LogP contribution is 2.43. The molecule has 1 amide bonds. The highest BCUT2D eigenvalue weighted by Gasteiger charge is 2.45. The van der Waals surface area contributed by atoms with Crippen molar-refractivity contribution in [2.75, 3.05) is 33.4 Å². The first-order valence-electron chi connectivity index (χ1n) is 10.9. The molecule has 4 atom stereocenters. The van der Waals surface area contributed by atoms with Crippen LogP contribution in [-0.4, -0.2) is 70.3 Å². The predicted molar refractivity (Wildman–Crippen MR) is 109 cm³/mol. The maximum atomic E-state index is 12.3. The number of carbonyl (C=O) groups is 1. The molecule has 0 aromatic carbocycles. The van der Waals surface area contributed by atoms with E-state index in [-0.39, 0.29) is 24.7 Å². The van der Waals surface area contributed by atoms with E-state index in [1.807, 2.05) is 34.1 Å². The third kappa shape index (κ3) is 4.11. The highest BCUT2D eigenvalue weighted by atomic mass is 16.5. The Kier molecular flexibility index (Phi) is 5.52. The summed E-state index contributed by atoms with van der Waals surface area (Å²) in [4.78, 5) is 18.5. The number of hydrogen-bond acceptors (Lipinski definition) is 6. The number of methoxy groups -OCH3 is 1. The molecule has 5 rings (SSSR count). The summed E-state index contributed by atoms with van der Waals surface area (Å²) in [5.41, 5.74) is 1.79. The van der Waals surface area contributed by atoms with E-state index in [0.29, 0.717) is 17.8 Å². The molecule has 3 aliphatic rings. The molecular weight excluding hydrogens is 382 g/mol. The number of ether oxygens (including phenoxy) is 2. The Morgan fingerprint density at radius 2 is 2.07 bits per heavy atom. The van der Waals surface area contributed by atoms with E-state index >= 15 is 0 Å². The molecule has 8 nitrogen and oxygen atoms in total. The SMILES string of the molecule is COCC(=O)N1C[C@H]2C[C@@H](n3cc(-c4cccnc4)nn3)[C@H](OCC3CC3)C[C@H]2C1. The quantitative estimate of drug-likeness (QED) is 0.695. The van der Waals surface area contributed by atoms with Gasteiger partial charge in [-0.2, -0.15) is 0 Å². The lowest BCUT2D eigenvalue weighted by Crippen LogP contribution is -2.38. The first kappa shape index (κ1) is 19.6. The van der Waals surface area contributed by atoms with Crippen molar-refractivity contribution in [3.63, 3.8) is 0 Å². The van der Waals surface area contributed by atoms with E-state index in [1.54, 1.807) is 13.3 Å². The maximum absolute atomic E-state index is 12.3. The highest BCUT2D eigenvalue weighted by molar-refractivity contribution is 5.77. The number of fused-ring (bicyclic) bond motifs is 1. The monoisotopic (exact) mass is 411 g/mol. The van der Waals surface area contributed by atoms with Gasteiger partial charge in [-0.05, 0) is 55.6 Å². The minimum atomic E-state index is 0.0820. The first-order chi connectivity index (χ1) is 14.7. The van der Waals surface area contributed by atoms with Gasteiger partial charge >= 0.3 is 0 Å². The summed E-state index contributed by atoms with van der Waals surface area (Å²) < 4.78 is 13.4. The van der Waals surface area contributed by atoms with Crippen LogP contribution >= 0.6 is 0 Å². The Balaban J connectivity index is 1.34. The molecule has 0 radical (unpaired) electrons. The number of hydrogen-bond donors (Lipinski definition) is 0. The molecule has 2 aromatic rings. The van der Waals surface area contributed by atoms with E-state index in [0.717, 1.165) is 43.8 Å². The van der Waals surface area contributed by atoms with Crippen molar-refractivity contribution in [3.8, 4) is 11.3 Å². The fourth-order valence-electron chi connectivity index (χ4n) is 4.90. The van der Waals surface area contributed by atoms with Gasteiger partial charge in [0.25, 0.3) is 0 Å². The smallest absolute Gasteiger partial charge is 0.248 e. The van der Waals surface area contributed by atoms with Crippen LogP contribution in [0, 0.1) is 17.8 Å². The number of aromatic nitrogens is 4. The second-order valence-corrected chi connectivity index (χ2v) is 8.93. The molecule has 8 heteroatoms. The van der Waals surface area contributed by atoms with Gasteiger partial charge in [-0.1, -0.05) is 5.21 Å². The molecular formula is C22H29N5O3. The van der Waals surface area contributed by atoms with Gasteiger partial charge in [0.15, 0.2) is 0 Å². The van der Waals surface area contributed by atoms with Crippen LogP contribution in [0.15, 0.2) is 30.7 Å². The van der Waals surface area contributed by atoms with Gasteiger partial charge in [-0.25, -0.2) is 4.68 Å². The molecule has 30 heavy (non-hydrogen) atoms. The molecule has 160 valence electrons. The number of carbonyl (C=O) groups excluding carboxylic acids is 1. The summed E-state index contributed by atoms with van der Waals surface area (Å²) >= 11 is 0. The van der Waals surface area contributed by atoms with Crippen LogP contribution in [0.4, 0.5) is 0 Å².